The third-order valence-corrected chi connectivity index (χ3v) is 11.9. The minimum Gasteiger partial charge on any atom is -0.394 e. The van der Waals surface area contributed by atoms with E-state index in [4.69, 9.17) is 10.5 Å². The van der Waals surface area contributed by atoms with Crippen LogP contribution in [0.4, 0.5) is 0 Å². The molecule has 0 rings (SSSR count). The normalized spacial score (nSPS) is 13.5. The molecule has 1 atom stereocenters. The number of nitrogens with two attached hydrogens (primary N) is 1. The van der Waals surface area contributed by atoms with Crippen molar-refractivity contribution >= 4 is 19.2 Å². The fourth-order valence-corrected chi connectivity index (χ4v) is 8.43. The minimum atomic E-state index is -5.64. The van der Waals surface area contributed by atoms with Gasteiger partial charge in [0.05, 0.1) is 13.2 Å². The Morgan fingerprint density at radius 1 is 0.520 bits per heavy atom. The van der Waals surface area contributed by atoms with Crippen LogP contribution in [0.15, 0.2) is 0 Å². The van der Waals surface area contributed by atoms with Crippen LogP contribution < -0.4 is 5.73 Å². The number of aliphatic hydroxyl groups is 2. The van der Waals surface area contributed by atoms with Crippen molar-refractivity contribution in [1.82, 2.24) is 0 Å². The van der Waals surface area contributed by atoms with Crippen molar-refractivity contribution < 1.29 is 38.9 Å². The van der Waals surface area contributed by atoms with Crippen LogP contribution >= 0.6 is 7.60 Å². The molecule has 0 bridgehead atoms. The predicted octanol–water partition coefficient (Wildman–Crippen LogP) is 10.2. The van der Waals surface area contributed by atoms with Gasteiger partial charge in [0.1, 0.15) is 0 Å². The van der Waals surface area contributed by atoms with Crippen molar-refractivity contribution in [3.8, 4) is 0 Å². The molecule has 0 aliphatic carbocycles. The molecule has 0 saturated heterocycles. The third-order valence-electron chi connectivity index (χ3n) is 10.2. The van der Waals surface area contributed by atoms with Gasteiger partial charge in [-0.2, -0.15) is 0 Å². The van der Waals surface area contributed by atoms with E-state index in [1.807, 2.05) is 0 Å². The number of carbonyl (C=O) groups is 2. The molecule has 0 aromatic heterocycles. The van der Waals surface area contributed by atoms with Gasteiger partial charge in [-0.25, -0.2) is 0 Å². The number of rotatable bonds is 39. The van der Waals surface area contributed by atoms with E-state index in [0.717, 1.165) is 38.5 Å². The summed E-state index contributed by atoms with van der Waals surface area (Å²) in [5.41, 5.74) is 5.87. The van der Waals surface area contributed by atoms with E-state index in [1.165, 1.54) is 128 Å². The molecule has 0 spiro atoms. The zero-order valence-electron chi connectivity index (χ0n) is 32.5. The maximum Gasteiger partial charge on any atom is 0.353 e. The summed E-state index contributed by atoms with van der Waals surface area (Å²) >= 11 is 0. The quantitative estimate of drug-likeness (QED) is 0.0179. The highest BCUT2D eigenvalue weighted by atomic mass is 31.2. The fourth-order valence-electron chi connectivity index (χ4n) is 7.07. The Kier molecular flexibility index (Phi) is 31.4. The zero-order valence-corrected chi connectivity index (χ0v) is 33.4. The molecular weight excluding hydrogens is 653 g/mol. The first-order chi connectivity index (χ1) is 24.0. The number of hydrogen-bond donors (Lipinski definition) is 5. The summed E-state index contributed by atoms with van der Waals surface area (Å²) in [7, 11) is -5.64. The molecule has 298 valence electrons. The van der Waals surface area contributed by atoms with Crippen molar-refractivity contribution in [2.24, 2.45) is 5.73 Å². The molecule has 0 amide bonds. The maximum atomic E-state index is 13.6. The lowest BCUT2D eigenvalue weighted by Gasteiger charge is -2.41. The van der Waals surface area contributed by atoms with Gasteiger partial charge in [0.25, 0.3) is 11.1 Å². The summed E-state index contributed by atoms with van der Waals surface area (Å²) in [6, 6.07) is 0. The highest BCUT2D eigenvalue weighted by Crippen LogP contribution is 2.57. The smallest absolute Gasteiger partial charge is 0.353 e. The van der Waals surface area contributed by atoms with E-state index >= 15 is 0 Å². The van der Waals surface area contributed by atoms with E-state index in [0.29, 0.717) is 25.7 Å². The molecular formula is C40H80NO8P. The second kappa shape index (κ2) is 31.8. The third kappa shape index (κ3) is 21.8. The average molecular weight is 734 g/mol. The van der Waals surface area contributed by atoms with E-state index in [-0.39, 0.29) is 12.8 Å². The number of ketones is 2. The molecule has 0 radical (unpaired) electrons. The van der Waals surface area contributed by atoms with Crippen LogP contribution in [-0.2, 0) is 18.9 Å². The van der Waals surface area contributed by atoms with Gasteiger partial charge in [-0.05, 0) is 12.8 Å². The monoisotopic (exact) mass is 734 g/mol. The van der Waals surface area contributed by atoms with E-state index in [9.17, 15) is 34.2 Å². The first-order valence-electron chi connectivity index (χ1n) is 20.9. The van der Waals surface area contributed by atoms with Crippen molar-refractivity contribution in [3.05, 3.63) is 0 Å². The second-order valence-corrected chi connectivity index (χ2v) is 16.5. The molecule has 0 aliphatic rings. The standard InChI is InChI=1S/C40H80NO8P/c1-3-5-7-9-11-13-15-17-19-21-23-25-27-29-31-33-37(43)39(50(46,47)48,40(41,45)49-36-35-42)38(44)34-32-30-28-26-24-22-20-18-16-14-12-10-8-6-4-2/h42,45H,3-36,41H2,1-2H3,(H2,46,47,48). The fraction of sp³-hybridized carbons (Fsp3) is 0.950. The Bertz CT molecular complexity index is 816. The average Bonchev–Trinajstić information content (AvgIpc) is 3.06. The van der Waals surface area contributed by atoms with Crippen LogP contribution in [0.1, 0.15) is 219 Å². The minimum absolute atomic E-state index is 0.310. The lowest BCUT2D eigenvalue weighted by molar-refractivity contribution is -0.225. The van der Waals surface area contributed by atoms with Gasteiger partial charge in [0.15, 0.2) is 11.6 Å². The first kappa shape index (κ1) is 49.3. The number of aliphatic hydroxyl groups excluding tert-OH is 1. The number of unbranched alkanes of at least 4 members (excludes halogenated alkanes) is 28. The van der Waals surface area contributed by atoms with Crippen LogP contribution in [0, 0.1) is 0 Å². The number of hydrogen-bond acceptors (Lipinski definition) is 7. The topological polar surface area (TPSA) is 167 Å². The Balaban J connectivity index is 4.67. The largest absolute Gasteiger partial charge is 0.394 e. The van der Waals surface area contributed by atoms with Crippen LogP contribution in [-0.4, -0.2) is 55.8 Å². The molecule has 10 heteroatoms. The van der Waals surface area contributed by atoms with Gasteiger partial charge in [0.2, 0.25) is 0 Å². The summed E-state index contributed by atoms with van der Waals surface area (Å²) < 4.78 is 18.0. The van der Waals surface area contributed by atoms with Gasteiger partial charge in [-0.15, -0.1) is 0 Å². The van der Waals surface area contributed by atoms with Gasteiger partial charge in [-0.1, -0.05) is 194 Å². The number of ether oxygens (including phenoxy) is 1. The summed E-state index contributed by atoms with van der Waals surface area (Å²) in [5, 5.41) is 17.0. The summed E-state index contributed by atoms with van der Waals surface area (Å²) in [6.45, 7) is 3.27. The second-order valence-electron chi connectivity index (χ2n) is 14.8. The Hall–Kier alpha value is -0.670. The molecule has 6 N–H and O–H groups in total. The van der Waals surface area contributed by atoms with E-state index in [2.05, 4.69) is 13.8 Å². The van der Waals surface area contributed by atoms with Crippen molar-refractivity contribution in [2.75, 3.05) is 13.2 Å². The summed E-state index contributed by atoms with van der Waals surface area (Å²) in [5.74, 6) is -5.46. The highest BCUT2D eigenvalue weighted by Gasteiger charge is 2.70. The Morgan fingerprint density at radius 3 is 0.980 bits per heavy atom. The van der Waals surface area contributed by atoms with Gasteiger partial charge >= 0.3 is 7.60 Å². The summed E-state index contributed by atoms with van der Waals surface area (Å²) in [6.07, 6.45) is 33.2. The molecule has 0 saturated carbocycles. The van der Waals surface area contributed by atoms with Crippen LogP contribution in [0.3, 0.4) is 0 Å². The van der Waals surface area contributed by atoms with E-state index in [1.54, 1.807) is 0 Å². The molecule has 0 aromatic rings. The number of Topliss-reactive ketones (excluding diaryl/α,β-unsaturated/α-hetero) is 2. The molecule has 50 heavy (non-hydrogen) atoms. The first-order valence-corrected chi connectivity index (χ1v) is 22.5. The number of carbonyl (C=O) groups excluding carboxylic acids is 2. The SMILES string of the molecule is CCCCCCCCCCCCCCCCCC(=O)C(C(=O)CCCCCCCCCCCCCCCCC)(C(N)(O)OCCO)P(=O)(O)O. The van der Waals surface area contributed by atoms with Gasteiger partial charge < -0.3 is 24.7 Å². The maximum absolute atomic E-state index is 13.6. The van der Waals surface area contributed by atoms with Gasteiger partial charge in [-0.3, -0.25) is 19.9 Å². The predicted molar refractivity (Wildman–Crippen MR) is 206 cm³/mol. The molecule has 0 aliphatic heterocycles. The Labute approximate surface area is 306 Å². The molecule has 0 fully saturated rings. The van der Waals surface area contributed by atoms with Crippen molar-refractivity contribution in [2.45, 2.75) is 230 Å². The molecule has 0 heterocycles. The van der Waals surface area contributed by atoms with Crippen molar-refractivity contribution in [1.29, 1.82) is 0 Å². The van der Waals surface area contributed by atoms with E-state index < -0.39 is 43.4 Å². The lowest BCUT2D eigenvalue weighted by atomic mass is 9.87. The lowest BCUT2D eigenvalue weighted by Crippen LogP contribution is -2.69. The molecule has 1 unspecified atom stereocenters. The van der Waals surface area contributed by atoms with Gasteiger partial charge in [0, 0.05) is 12.8 Å². The highest BCUT2D eigenvalue weighted by molar-refractivity contribution is 7.56. The molecule has 9 nitrogen and oxygen atoms in total. The van der Waals surface area contributed by atoms with Crippen LogP contribution in [0.25, 0.3) is 0 Å². The zero-order chi connectivity index (χ0) is 37.4. The van der Waals surface area contributed by atoms with Crippen LogP contribution in [0.2, 0.25) is 0 Å². The van der Waals surface area contributed by atoms with Crippen LogP contribution in [0.5, 0.6) is 0 Å². The summed E-state index contributed by atoms with van der Waals surface area (Å²) in [4.78, 5) is 48.0. The molecule has 0 aromatic carbocycles. The Morgan fingerprint density at radius 2 is 0.760 bits per heavy atom. The van der Waals surface area contributed by atoms with Crippen molar-refractivity contribution in [3.63, 3.8) is 0 Å².